The van der Waals surface area contributed by atoms with Crippen molar-refractivity contribution in [2.45, 2.75) is 56.8 Å². The van der Waals surface area contributed by atoms with Crippen molar-refractivity contribution in [3.05, 3.63) is 84.4 Å². The van der Waals surface area contributed by atoms with E-state index in [0.717, 1.165) is 24.0 Å². The zero-order valence-electron chi connectivity index (χ0n) is 19.7. The lowest BCUT2D eigenvalue weighted by Gasteiger charge is -2.43. The maximum absolute atomic E-state index is 11.8. The Morgan fingerprint density at radius 1 is 0.971 bits per heavy atom. The summed E-state index contributed by atoms with van der Waals surface area (Å²) in [5.41, 5.74) is 1.91. The summed E-state index contributed by atoms with van der Waals surface area (Å²) >= 11 is 1.94. The van der Waals surface area contributed by atoms with Gasteiger partial charge in [0.25, 0.3) is 0 Å². The summed E-state index contributed by atoms with van der Waals surface area (Å²) < 4.78 is 30.0. The van der Waals surface area contributed by atoms with E-state index in [1.807, 2.05) is 89.3 Å². The number of allylic oxidation sites excluding steroid dienone is 1. The number of hydrogen-bond acceptors (Lipinski definition) is 7. The van der Waals surface area contributed by atoms with Gasteiger partial charge in [0, 0.05) is 0 Å². The van der Waals surface area contributed by atoms with Crippen molar-refractivity contribution >= 4 is 28.6 Å². The first-order chi connectivity index (χ1) is 17.1. The van der Waals surface area contributed by atoms with Crippen LogP contribution in [0.15, 0.2) is 73.3 Å². The molecule has 0 aromatic heterocycles. The molecule has 0 radical (unpaired) electrons. The zero-order chi connectivity index (χ0) is 24.9. The normalized spacial score (nSPS) is 24.1. The molecule has 0 saturated carbocycles. The molecular weight excluding hydrogens is 563 g/mol. The van der Waals surface area contributed by atoms with Crippen molar-refractivity contribution in [2.75, 3.05) is 17.6 Å². The number of rotatable bonds is 14. The van der Waals surface area contributed by atoms with Gasteiger partial charge in [0.1, 0.15) is 31.0 Å². The van der Waals surface area contributed by atoms with Crippen LogP contribution in [0.2, 0.25) is 0 Å². The third kappa shape index (κ3) is 8.96. The van der Waals surface area contributed by atoms with Crippen molar-refractivity contribution in [2.24, 2.45) is 0 Å². The summed E-state index contributed by atoms with van der Waals surface area (Å²) in [4.78, 5) is 11.8. The molecule has 0 aliphatic carbocycles. The number of esters is 1. The lowest BCUT2D eigenvalue weighted by molar-refractivity contribution is -0.319. The second kappa shape index (κ2) is 15.3. The van der Waals surface area contributed by atoms with Crippen LogP contribution < -0.4 is 0 Å². The monoisotopic (exact) mass is 596 g/mol. The van der Waals surface area contributed by atoms with E-state index in [9.17, 15) is 9.90 Å². The Labute approximate surface area is 220 Å². The summed E-state index contributed by atoms with van der Waals surface area (Å²) in [6, 6.07) is 19.3. The van der Waals surface area contributed by atoms with Crippen LogP contribution in [0.25, 0.3) is 0 Å². The third-order valence-electron chi connectivity index (χ3n) is 5.54. The van der Waals surface area contributed by atoms with E-state index >= 15 is 0 Å². The molecular formula is C27H33IO7. The number of halogens is 1. The number of carbonyl (C=O) groups is 1. The fourth-order valence-corrected chi connectivity index (χ4v) is 3.94. The zero-order valence-corrected chi connectivity index (χ0v) is 21.8. The topological polar surface area (TPSA) is 83.5 Å². The lowest BCUT2D eigenvalue weighted by atomic mass is 9.98. The molecule has 190 valence electrons. The van der Waals surface area contributed by atoms with E-state index in [4.69, 9.17) is 23.7 Å². The van der Waals surface area contributed by atoms with Crippen molar-refractivity contribution in [1.82, 2.24) is 0 Å². The summed E-state index contributed by atoms with van der Waals surface area (Å²) in [6.07, 6.45) is -0.841. The van der Waals surface area contributed by atoms with Gasteiger partial charge < -0.3 is 28.8 Å². The smallest absolute Gasteiger partial charge is 0.315 e. The molecule has 1 aliphatic rings. The Hall–Kier alpha value is -1.82. The lowest BCUT2D eigenvalue weighted by Crippen LogP contribution is -2.61. The fraction of sp³-hybridized carbons (Fsp3) is 0.444. The number of aliphatic hydroxyl groups is 1. The standard InChI is InChI=1S/C27H33IO7/c1-2-3-10-15-31-27-26(34-18-21-13-8-5-9-14-21)24(30)25(22(35-27)19-32-23(29)16-28)33-17-20-11-6-4-7-12-20/h2,4-9,11-14,22,24-27,30H,1,3,10,15-19H2/t22-,24+,25-,26+,27+/m1/s1. The molecule has 0 amide bonds. The Morgan fingerprint density at radius 2 is 1.57 bits per heavy atom. The molecule has 1 heterocycles. The van der Waals surface area contributed by atoms with E-state index in [0.29, 0.717) is 6.61 Å². The highest BCUT2D eigenvalue weighted by Crippen LogP contribution is 2.29. The molecule has 3 rings (SSSR count). The number of benzene rings is 2. The molecule has 0 unspecified atom stereocenters. The van der Waals surface area contributed by atoms with Gasteiger partial charge in [0.15, 0.2) is 6.29 Å². The molecule has 5 atom stereocenters. The Morgan fingerprint density at radius 3 is 2.14 bits per heavy atom. The van der Waals surface area contributed by atoms with Crippen molar-refractivity contribution in [1.29, 1.82) is 0 Å². The molecule has 1 saturated heterocycles. The van der Waals surface area contributed by atoms with Gasteiger partial charge in [0.2, 0.25) is 0 Å². The van der Waals surface area contributed by atoms with Crippen LogP contribution in [0.5, 0.6) is 0 Å². The van der Waals surface area contributed by atoms with Gasteiger partial charge in [-0.3, -0.25) is 4.79 Å². The number of hydrogen-bond donors (Lipinski definition) is 1. The van der Waals surface area contributed by atoms with Gasteiger partial charge >= 0.3 is 5.97 Å². The van der Waals surface area contributed by atoms with Crippen LogP contribution in [0.4, 0.5) is 0 Å². The predicted octanol–water partition coefficient (Wildman–Crippen LogP) is 4.20. The quantitative estimate of drug-likeness (QED) is 0.115. The minimum Gasteiger partial charge on any atom is -0.462 e. The van der Waals surface area contributed by atoms with Gasteiger partial charge in [-0.2, -0.15) is 0 Å². The summed E-state index contributed by atoms with van der Waals surface area (Å²) in [7, 11) is 0. The fourth-order valence-electron chi connectivity index (χ4n) is 3.72. The maximum atomic E-state index is 11.8. The van der Waals surface area contributed by atoms with E-state index in [2.05, 4.69) is 6.58 Å². The number of aliphatic hydroxyl groups excluding tert-OH is 1. The summed E-state index contributed by atoms with van der Waals surface area (Å²) in [5.74, 6) is -0.364. The molecule has 0 spiro atoms. The van der Waals surface area contributed by atoms with Crippen LogP contribution >= 0.6 is 22.6 Å². The first kappa shape index (κ1) is 27.8. The number of unbranched alkanes of at least 4 members (excludes halogenated alkanes) is 1. The van der Waals surface area contributed by atoms with Crippen LogP contribution in [-0.2, 0) is 41.7 Å². The predicted molar refractivity (Wildman–Crippen MR) is 140 cm³/mol. The maximum Gasteiger partial charge on any atom is 0.315 e. The number of alkyl halides is 1. The average Bonchev–Trinajstić information content (AvgIpc) is 2.90. The molecule has 35 heavy (non-hydrogen) atoms. The number of ether oxygens (including phenoxy) is 5. The number of carbonyl (C=O) groups excluding carboxylic acids is 1. The Bertz CT molecular complexity index is 880. The van der Waals surface area contributed by atoms with Gasteiger partial charge in [-0.1, -0.05) is 89.3 Å². The van der Waals surface area contributed by atoms with Gasteiger partial charge in [-0.25, -0.2) is 0 Å². The second-order valence-electron chi connectivity index (χ2n) is 8.17. The third-order valence-corrected chi connectivity index (χ3v) is 6.16. The molecule has 1 N–H and O–H groups in total. The molecule has 1 aliphatic heterocycles. The highest BCUT2D eigenvalue weighted by molar-refractivity contribution is 14.1. The molecule has 7 nitrogen and oxygen atoms in total. The van der Waals surface area contributed by atoms with Gasteiger partial charge in [-0.15, -0.1) is 6.58 Å². The van der Waals surface area contributed by atoms with E-state index < -0.39 is 30.7 Å². The minimum atomic E-state index is -1.07. The highest BCUT2D eigenvalue weighted by Gasteiger charge is 2.47. The van der Waals surface area contributed by atoms with E-state index in [1.54, 1.807) is 0 Å². The van der Waals surface area contributed by atoms with E-state index in [1.165, 1.54) is 0 Å². The summed E-state index contributed by atoms with van der Waals surface area (Å²) in [6.45, 7) is 4.62. The first-order valence-corrected chi connectivity index (χ1v) is 13.2. The van der Waals surface area contributed by atoms with Gasteiger partial charge in [0.05, 0.1) is 24.2 Å². The van der Waals surface area contributed by atoms with Crippen molar-refractivity contribution < 1.29 is 33.6 Å². The highest BCUT2D eigenvalue weighted by atomic mass is 127. The van der Waals surface area contributed by atoms with Crippen molar-refractivity contribution in [3.8, 4) is 0 Å². The molecule has 2 aromatic rings. The Balaban J connectivity index is 1.75. The van der Waals surface area contributed by atoms with Crippen LogP contribution in [-0.4, -0.2) is 59.4 Å². The first-order valence-electron chi connectivity index (χ1n) is 11.7. The summed E-state index contributed by atoms with van der Waals surface area (Å²) in [5, 5.41) is 11.4. The van der Waals surface area contributed by atoms with Gasteiger partial charge in [-0.05, 0) is 24.0 Å². The van der Waals surface area contributed by atoms with Crippen molar-refractivity contribution in [3.63, 3.8) is 0 Å². The molecule has 2 aromatic carbocycles. The van der Waals surface area contributed by atoms with Crippen LogP contribution in [0.3, 0.4) is 0 Å². The minimum absolute atomic E-state index is 0.0593. The Kier molecular flexibility index (Phi) is 12.2. The largest absolute Gasteiger partial charge is 0.462 e. The van der Waals surface area contributed by atoms with Crippen LogP contribution in [0, 0.1) is 0 Å². The molecule has 8 heteroatoms. The van der Waals surface area contributed by atoms with Crippen LogP contribution in [0.1, 0.15) is 24.0 Å². The van der Waals surface area contributed by atoms with E-state index in [-0.39, 0.29) is 30.2 Å². The molecule has 0 bridgehead atoms. The average molecular weight is 596 g/mol. The molecule has 1 fully saturated rings. The SMILES string of the molecule is C=CCCCO[C@H]1O[C@H](COC(=O)CI)[C@@H](OCc2ccccc2)[C@H](O)[C@@H]1OCc1ccccc1. The second-order valence-corrected chi connectivity index (χ2v) is 8.94.